The van der Waals surface area contributed by atoms with Crippen LogP contribution < -0.4 is 10.5 Å². The zero-order chi connectivity index (χ0) is 17.1. The number of carbonyl (C=O) groups excluding carboxylic acids is 1. The molecule has 6 nitrogen and oxygen atoms in total. The Kier molecular flexibility index (Phi) is 4.55. The molecule has 1 N–H and O–H groups in total. The smallest absolute Gasteiger partial charge is 0.251 e. The highest BCUT2D eigenvalue weighted by Crippen LogP contribution is 2.19. The van der Waals surface area contributed by atoms with Crippen LogP contribution in [0.1, 0.15) is 5.56 Å². The molecule has 1 aliphatic heterocycles. The van der Waals surface area contributed by atoms with Gasteiger partial charge in [0, 0.05) is 44.1 Å². The van der Waals surface area contributed by atoms with Crippen LogP contribution >= 0.6 is 0 Å². The number of benzene rings is 1. The summed E-state index contributed by atoms with van der Waals surface area (Å²) in [5.74, 6) is 0.211. The zero-order valence-electron chi connectivity index (χ0n) is 13.7. The maximum atomic E-state index is 12.4. The van der Waals surface area contributed by atoms with Gasteiger partial charge in [0.1, 0.15) is 12.3 Å². The van der Waals surface area contributed by atoms with E-state index in [1.165, 1.54) is 10.6 Å². The van der Waals surface area contributed by atoms with E-state index in [0.29, 0.717) is 13.1 Å². The van der Waals surface area contributed by atoms with E-state index >= 15 is 0 Å². The van der Waals surface area contributed by atoms with Gasteiger partial charge in [-0.2, -0.15) is 0 Å². The minimum Gasteiger partial charge on any atom is -0.508 e. The summed E-state index contributed by atoms with van der Waals surface area (Å²) in [5, 5.41) is 9.35. The van der Waals surface area contributed by atoms with Crippen molar-refractivity contribution >= 4 is 11.6 Å². The van der Waals surface area contributed by atoms with Crippen molar-refractivity contribution in [2.75, 3.05) is 31.1 Å². The van der Waals surface area contributed by atoms with E-state index in [1.807, 2.05) is 25.1 Å². The Bertz CT molecular complexity index is 775. The van der Waals surface area contributed by atoms with Crippen molar-refractivity contribution in [2.24, 2.45) is 0 Å². The van der Waals surface area contributed by atoms with Crippen LogP contribution in [0.4, 0.5) is 5.69 Å². The average Bonchev–Trinajstić information content (AvgIpc) is 2.58. The number of amides is 1. The molecule has 126 valence electrons. The van der Waals surface area contributed by atoms with E-state index in [9.17, 15) is 14.7 Å². The molecule has 24 heavy (non-hydrogen) atoms. The van der Waals surface area contributed by atoms with Crippen molar-refractivity contribution in [2.45, 2.75) is 13.5 Å². The first-order valence-corrected chi connectivity index (χ1v) is 8.02. The molecule has 0 atom stereocenters. The van der Waals surface area contributed by atoms with Crippen LogP contribution in [0.25, 0.3) is 0 Å². The van der Waals surface area contributed by atoms with Gasteiger partial charge in [0.05, 0.1) is 0 Å². The second kappa shape index (κ2) is 6.78. The second-order valence-corrected chi connectivity index (χ2v) is 6.05. The fourth-order valence-electron chi connectivity index (χ4n) is 2.86. The van der Waals surface area contributed by atoms with Crippen LogP contribution in [0.3, 0.4) is 0 Å². The molecule has 1 aromatic carbocycles. The first kappa shape index (κ1) is 16.1. The van der Waals surface area contributed by atoms with E-state index in [0.717, 1.165) is 24.3 Å². The Hall–Kier alpha value is -2.76. The van der Waals surface area contributed by atoms with Gasteiger partial charge < -0.3 is 19.5 Å². The summed E-state index contributed by atoms with van der Waals surface area (Å²) in [6.07, 6.45) is 1.67. The molecule has 3 rings (SSSR count). The highest BCUT2D eigenvalue weighted by Gasteiger charge is 2.21. The number of rotatable bonds is 3. The molecule has 0 radical (unpaired) electrons. The number of piperazine rings is 1. The third-order valence-electron chi connectivity index (χ3n) is 4.30. The van der Waals surface area contributed by atoms with Crippen LogP contribution in [0.2, 0.25) is 0 Å². The number of aryl methyl sites for hydroxylation is 1. The molecule has 0 unspecified atom stereocenters. The summed E-state index contributed by atoms with van der Waals surface area (Å²) in [6.45, 7) is 4.66. The number of pyridine rings is 1. The second-order valence-electron chi connectivity index (χ2n) is 6.05. The monoisotopic (exact) mass is 327 g/mol. The number of hydrogen-bond acceptors (Lipinski definition) is 4. The minimum atomic E-state index is -0.147. The molecule has 6 heteroatoms. The number of anilines is 1. The molecule has 1 amide bonds. The zero-order valence-corrected chi connectivity index (χ0v) is 13.7. The Morgan fingerprint density at radius 3 is 2.38 bits per heavy atom. The predicted octanol–water partition coefficient (Wildman–Crippen LogP) is 1.21. The van der Waals surface area contributed by atoms with E-state index in [2.05, 4.69) is 4.90 Å². The number of aromatic hydroxyl groups is 1. The fraction of sp³-hybridized carbons (Fsp3) is 0.333. The van der Waals surface area contributed by atoms with Crippen molar-refractivity contribution in [3.63, 3.8) is 0 Å². The summed E-state index contributed by atoms with van der Waals surface area (Å²) in [5.41, 5.74) is 1.78. The first-order chi connectivity index (χ1) is 11.5. The topological polar surface area (TPSA) is 65.8 Å². The number of hydrogen-bond donors (Lipinski definition) is 1. The molecule has 0 spiro atoms. The summed E-state index contributed by atoms with van der Waals surface area (Å²) in [7, 11) is 0. The molecule has 0 saturated carbocycles. The molecule has 1 aromatic heterocycles. The number of phenols is 1. The van der Waals surface area contributed by atoms with Gasteiger partial charge in [-0.15, -0.1) is 0 Å². The standard InChI is InChI=1S/C18H21N3O3/c1-14-6-7-21(17(23)12-14)13-18(24)20-10-8-19(9-11-20)15-2-4-16(22)5-3-15/h2-7,12,22H,8-11,13H2,1H3. The summed E-state index contributed by atoms with van der Waals surface area (Å²) in [6, 6.07) is 10.4. The number of aromatic nitrogens is 1. The summed E-state index contributed by atoms with van der Waals surface area (Å²) in [4.78, 5) is 28.3. The molecular weight excluding hydrogens is 306 g/mol. The lowest BCUT2D eigenvalue weighted by Crippen LogP contribution is -2.50. The number of carbonyl (C=O) groups is 1. The molecule has 2 aromatic rings. The van der Waals surface area contributed by atoms with E-state index < -0.39 is 0 Å². The van der Waals surface area contributed by atoms with Crippen LogP contribution in [0.15, 0.2) is 47.4 Å². The van der Waals surface area contributed by atoms with Crippen LogP contribution in [-0.4, -0.2) is 46.7 Å². The van der Waals surface area contributed by atoms with Gasteiger partial charge in [0.2, 0.25) is 5.91 Å². The van der Waals surface area contributed by atoms with Gasteiger partial charge in [-0.3, -0.25) is 9.59 Å². The Labute approximate surface area is 140 Å². The maximum absolute atomic E-state index is 12.4. The molecule has 1 saturated heterocycles. The maximum Gasteiger partial charge on any atom is 0.251 e. The average molecular weight is 327 g/mol. The van der Waals surface area contributed by atoms with Crippen molar-refractivity contribution < 1.29 is 9.90 Å². The third-order valence-corrected chi connectivity index (χ3v) is 4.30. The largest absolute Gasteiger partial charge is 0.508 e. The van der Waals surface area contributed by atoms with Gasteiger partial charge in [0.25, 0.3) is 5.56 Å². The molecule has 0 aliphatic carbocycles. The first-order valence-electron chi connectivity index (χ1n) is 8.02. The van der Waals surface area contributed by atoms with Gasteiger partial charge in [-0.25, -0.2) is 0 Å². The van der Waals surface area contributed by atoms with Gasteiger partial charge >= 0.3 is 0 Å². The van der Waals surface area contributed by atoms with Crippen LogP contribution in [0, 0.1) is 6.92 Å². The van der Waals surface area contributed by atoms with Crippen molar-refractivity contribution in [1.82, 2.24) is 9.47 Å². The molecular formula is C18H21N3O3. The van der Waals surface area contributed by atoms with E-state index in [1.54, 1.807) is 23.2 Å². The lowest BCUT2D eigenvalue weighted by Gasteiger charge is -2.36. The molecule has 0 bridgehead atoms. The normalized spacial score (nSPS) is 14.7. The highest BCUT2D eigenvalue weighted by atomic mass is 16.3. The Morgan fingerprint density at radius 2 is 1.75 bits per heavy atom. The van der Waals surface area contributed by atoms with Crippen LogP contribution in [-0.2, 0) is 11.3 Å². The Balaban J connectivity index is 1.59. The van der Waals surface area contributed by atoms with Gasteiger partial charge in [-0.05, 0) is 42.8 Å². The highest BCUT2D eigenvalue weighted by molar-refractivity contribution is 5.76. The lowest BCUT2D eigenvalue weighted by molar-refractivity contribution is -0.132. The molecule has 1 fully saturated rings. The predicted molar refractivity (Wildman–Crippen MR) is 92.3 cm³/mol. The van der Waals surface area contributed by atoms with Crippen molar-refractivity contribution in [1.29, 1.82) is 0 Å². The molecule has 2 heterocycles. The summed E-state index contributed by atoms with van der Waals surface area (Å²) >= 11 is 0. The minimum absolute atomic E-state index is 0.0358. The van der Waals surface area contributed by atoms with E-state index in [4.69, 9.17) is 0 Å². The lowest BCUT2D eigenvalue weighted by atomic mass is 10.2. The van der Waals surface area contributed by atoms with Crippen molar-refractivity contribution in [3.05, 3.63) is 58.5 Å². The van der Waals surface area contributed by atoms with Crippen molar-refractivity contribution in [3.8, 4) is 5.75 Å². The Morgan fingerprint density at radius 1 is 1.08 bits per heavy atom. The fourth-order valence-corrected chi connectivity index (χ4v) is 2.86. The number of phenolic OH excluding ortho intramolecular Hbond substituents is 1. The van der Waals surface area contributed by atoms with Gasteiger partial charge in [0.15, 0.2) is 0 Å². The van der Waals surface area contributed by atoms with Crippen LogP contribution in [0.5, 0.6) is 5.75 Å². The number of nitrogens with zero attached hydrogens (tertiary/aromatic N) is 3. The third kappa shape index (κ3) is 3.59. The SMILES string of the molecule is Cc1ccn(CC(=O)N2CCN(c3ccc(O)cc3)CC2)c(=O)c1. The quantitative estimate of drug-likeness (QED) is 0.920. The van der Waals surface area contributed by atoms with Gasteiger partial charge in [-0.1, -0.05) is 0 Å². The van der Waals surface area contributed by atoms with E-state index in [-0.39, 0.29) is 23.8 Å². The molecule has 1 aliphatic rings. The summed E-state index contributed by atoms with van der Waals surface area (Å²) < 4.78 is 1.45.